The van der Waals surface area contributed by atoms with Crippen molar-refractivity contribution in [3.63, 3.8) is 0 Å². The van der Waals surface area contributed by atoms with Crippen LogP contribution in [0.3, 0.4) is 0 Å². The Balaban J connectivity index is 1.74. The number of thioether (sulfide) groups is 1. The summed E-state index contributed by atoms with van der Waals surface area (Å²) < 4.78 is 10.3. The van der Waals surface area contributed by atoms with E-state index in [0.29, 0.717) is 18.1 Å². The fourth-order valence-corrected chi connectivity index (χ4v) is 2.92. The maximum atomic E-state index is 12.1. The van der Waals surface area contributed by atoms with Crippen LogP contribution in [0.15, 0.2) is 33.4 Å². The number of hydrogen-bond donors (Lipinski definition) is 2. The molecule has 142 valence electrons. The van der Waals surface area contributed by atoms with Gasteiger partial charge in [0.05, 0.1) is 23.3 Å². The highest BCUT2D eigenvalue weighted by molar-refractivity contribution is 8.01. The van der Waals surface area contributed by atoms with E-state index < -0.39 is 5.25 Å². The topological polar surface area (TPSA) is 101 Å². The van der Waals surface area contributed by atoms with Gasteiger partial charge in [0.25, 0.3) is 0 Å². The molecule has 2 aromatic rings. The van der Waals surface area contributed by atoms with Crippen molar-refractivity contribution in [3.05, 3.63) is 36.0 Å². The molecule has 2 unspecified atom stereocenters. The molecule has 2 aromatic heterocycles. The van der Waals surface area contributed by atoms with E-state index in [9.17, 15) is 9.59 Å². The lowest BCUT2D eigenvalue weighted by Gasteiger charge is -2.22. The van der Waals surface area contributed by atoms with E-state index in [1.165, 1.54) is 11.8 Å². The van der Waals surface area contributed by atoms with E-state index >= 15 is 0 Å². The monoisotopic (exact) mass is 380 g/mol. The molecule has 0 aliphatic heterocycles. The molecule has 9 heteroatoms. The van der Waals surface area contributed by atoms with Gasteiger partial charge in [-0.3, -0.25) is 14.5 Å². The summed E-state index contributed by atoms with van der Waals surface area (Å²) in [6.45, 7) is 3.92. The molecule has 0 saturated heterocycles. The van der Waals surface area contributed by atoms with Gasteiger partial charge < -0.3 is 19.6 Å². The molecule has 0 fully saturated rings. The molecular weight excluding hydrogens is 356 g/mol. The van der Waals surface area contributed by atoms with Gasteiger partial charge in [-0.2, -0.15) is 0 Å². The number of likely N-dealkylation sites (N-methyl/N-ethyl adjacent to an activating group) is 1. The molecule has 2 rings (SSSR count). The predicted octanol–water partition coefficient (Wildman–Crippen LogP) is 2.06. The molecule has 2 atom stereocenters. The van der Waals surface area contributed by atoms with E-state index in [1.54, 1.807) is 26.2 Å². The lowest BCUT2D eigenvalue weighted by atomic mass is 10.2. The van der Waals surface area contributed by atoms with Crippen molar-refractivity contribution in [2.24, 2.45) is 0 Å². The molecule has 26 heavy (non-hydrogen) atoms. The Labute approximate surface area is 156 Å². The summed E-state index contributed by atoms with van der Waals surface area (Å²) in [5.41, 5.74) is 0. The molecule has 0 aliphatic carbocycles. The first-order valence-electron chi connectivity index (χ1n) is 8.19. The fraction of sp³-hybridized carbons (Fsp3) is 0.471. The van der Waals surface area contributed by atoms with Crippen LogP contribution in [0, 0.1) is 6.92 Å². The van der Waals surface area contributed by atoms with E-state index in [-0.39, 0.29) is 23.6 Å². The number of carbonyl (C=O) groups excluding carboxylic acids is 2. The normalized spacial score (nSPS) is 13.4. The molecular formula is C17H24N4O4S. The second-order valence-corrected chi connectivity index (χ2v) is 7.39. The second kappa shape index (κ2) is 9.44. The van der Waals surface area contributed by atoms with Crippen LogP contribution < -0.4 is 10.6 Å². The smallest absolute Gasteiger partial charge is 0.238 e. The number of carbonyl (C=O) groups is 2. The van der Waals surface area contributed by atoms with Crippen LogP contribution in [0.25, 0.3) is 0 Å². The second-order valence-electron chi connectivity index (χ2n) is 6.06. The molecule has 8 nitrogen and oxygen atoms in total. The minimum atomic E-state index is -0.396. The number of furan rings is 1. The summed E-state index contributed by atoms with van der Waals surface area (Å²) >= 11 is 1.26. The maximum absolute atomic E-state index is 12.1. The number of aryl methyl sites for hydroxylation is 1. The number of nitrogens with zero attached hydrogens (tertiary/aromatic N) is 2. The van der Waals surface area contributed by atoms with Gasteiger partial charge in [-0.25, -0.2) is 0 Å². The molecule has 0 aromatic carbocycles. The van der Waals surface area contributed by atoms with Gasteiger partial charge in [0.2, 0.25) is 11.8 Å². The fourth-order valence-electron chi connectivity index (χ4n) is 2.21. The average Bonchev–Trinajstić information content (AvgIpc) is 3.24. The molecule has 0 bridgehead atoms. The zero-order valence-electron chi connectivity index (χ0n) is 15.3. The molecule has 0 radical (unpaired) electrons. The molecule has 2 heterocycles. The third-order valence-corrected chi connectivity index (χ3v) is 4.84. The lowest BCUT2D eigenvalue weighted by Crippen LogP contribution is -2.35. The Kier molecular flexibility index (Phi) is 7.28. The van der Waals surface area contributed by atoms with Gasteiger partial charge in [-0.15, -0.1) is 11.8 Å². The molecule has 0 saturated carbocycles. The first-order valence-corrected chi connectivity index (χ1v) is 9.24. The van der Waals surface area contributed by atoms with Crippen molar-refractivity contribution in [2.75, 3.05) is 31.7 Å². The average molecular weight is 380 g/mol. The highest BCUT2D eigenvalue weighted by Gasteiger charge is 2.20. The molecule has 0 aliphatic rings. The lowest BCUT2D eigenvalue weighted by molar-refractivity contribution is -0.118. The standard InChI is InChI=1S/C17H24N4O4S/c1-11-8-15(20-25-11)19-17(23)12(2)26-10-16(22)18-9-13(21(3)4)14-6-5-7-24-14/h5-8,12-13H,9-10H2,1-4H3,(H,18,22)(H,19,20,23). The van der Waals surface area contributed by atoms with E-state index in [4.69, 9.17) is 8.94 Å². The third-order valence-electron chi connectivity index (χ3n) is 3.70. The quantitative estimate of drug-likeness (QED) is 0.687. The summed E-state index contributed by atoms with van der Waals surface area (Å²) in [6, 6.07) is 5.29. The van der Waals surface area contributed by atoms with Gasteiger partial charge >= 0.3 is 0 Å². The zero-order chi connectivity index (χ0) is 19.1. The minimum absolute atomic E-state index is 0.0462. The summed E-state index contributed by atoms with van der Waals surface area (Å²) in [5, 5.41) is 8.85. The Hall–Kier alpha value is -2.26. The van der Waals surface area contributed by atoms with Crippen molar-refractivity contribution < 1.29 is 18.5 Å². The van der Waals surface area contributed by atoms with Crippen LogP contribution in [0.5, 0.6) is 0 Å². The number of amides is 2. The Morgan fingerprint density at radius 3 is 2.73 bits per heavy atom. The predicted molar refractivity (Wildman–Crippen MR) is 99.9 cm³/mol. The molecule has 0 spiro atoms. The number of nitrogens with one attached hydrogen (secondary N) is 2. The van der Waals surface area contributed by atoms with Gasteiger partial charge in [-0.1, -0.05) is 5.16 Å². The van der Waals surface area contributed by atoms with Crippen LogP contribution in [0.2, 0.25) is 0 Å². The number of hydrogen-bond acceptors (Lipinski definition) is 7. The highest BCUT2D eigenvalue weighted by Crippen LogP contribution is 2.18. The number of aromatic nitrogens is 1. The van der Waals surface area contributed by atoms with Crippen LogP contribution in [-0.2, 0) is 9.59 Å². The van der Waals surface area contributed by atoms with Gasteiger partial charge in [0, 0.05) is 12.6 Å². The maximum Gasteiger partial charge on any atom is 0.238 e. The van der Waals surface area contributed by atoms with Crippen LogP contribution in [0.4, 0.5) is 5.82 Å². The van der Waals surface area contributed by atoms with Crippen LogP contribution in [0.1, 0.15) is 24.5 Å². The van der Waals surface area contributed by atoms with E-state index in [2.05, 4.69) is 15.8 Å². The van der Waals surface area contributed by atoms with Crippen LogP contribution in [-0.4, -0.2) is 53.5 Å². The highest BCUT2D eigenvalue weighted by atomic mass is 32.2. The van der Waals surface area contributed by atoms with Gasteiger partial charge in [0.15, 0.2) is 5.82 Å². The van der Waals surface area contributed by atoms with Crippen molar-refractivity contribution >= 4 is 29.4 Å². The first kappa shape index (κ1) is 20.1. The van der Waals surface area contributed by atoms with Crippen molar-refractivity contribution in [3.8, 4) is 0 Å². The minimum Gasteiger partial charge on any atom is -0.468 e. The Bertz CT molecular complexity index is 714. The molecule has 2 amide bonds. The summed E-state index contributed by atoms with van der Waals surface area (Å²) in [7, 11) is 3.85. The molecule has 2 N–H and O–H groups in total. The number of rotatable bonds is 9. The largest absolute Gasteiger partial charge is 0.468 e. The summed E-state index contributed by atoms with van der Waals surface area (Å²) in [4.78, 5) is 26.1. The third kappa shape index (κ3) is 5.92. The summed E-state index contributed by atoms with van der Waals surface area (Å²) in [6.07, 6.45) is 1.61. The van der Waals surface area contributed by atoms with Crippen molar-refractivity contribution in [2.45, 2.75) is 25.1 Å². The first-order chi connectivity index (χ1) is 12.4. The van der Waals surface area contributed by atoms with Crippen molar-refractivity contribution in [1.29, 1.82) is 0 Å². The zero-order valence-corrected chi connectivity index (χ0v) is 16.1. The summed E-state index contributed by atoms with van der Waals surface area (Å²) in [5.74, 6) is 1.61. The van der Waals surface area contributed by atoms with E-state index in [1.807, 2.05) is 31.1 Å². The van der Waals surface area contributed by atoms with Crippen molar-refractivity contribution in [1.82, 2.24) is 15.4 Å². The van der Waals surface area contributed by atoms with Gasteiger partial charge in [-0.05, 0) is 40.1 Å². The Morgan fingerprint density at radius 2 is 2.15 bits per heavy atom. The number of anilines is 1. The van der Waals surface area contributed by atoms with Crippen LogP contribution >= 0.6 is 11.8 Å². The van der Waals surface area contributed by atoms with Gasteiger partial charge in [0.1, 0.15) is 11.5 Å². The van der Waals surface area contributed by atoms with E-state index in [0.717, 1.165) is 5.76 Å². The Morgan fingerprint density at radius 1 is 1.38 bits per heavy atom. The SMILES string of the molecule is Cc1cc(NC(=O)C(C)SCC(=O)NCC(c2ccco2)N(C)C)no1.